The maximum absolute atomic E-state index is 14.2. The summed E-state index contributed by atoms with van der Waals surface area (Å²) in [5.41, 5.74) is -3.10. The van der Waals surface area contributed by atoms with Gasteiger partial charge >= 0.3 is 11.9 Å². The summed E-state index contributed by atoms with van der Waals surface area (Å²) in [6, 6.07) is 0. The lowest BCUT2D eigenvalue weighted by molar-refractivity contribution is -0.317. The summed E-state index contributed by atoms with van der Waals surface area (Å²) in [6.07, 6.45) is -7.13. The molecule has 14 heteroatoms. The number of aliphatic hydroxyl groups is 2. The van der Waals surface area contributed by atoms with Crippen molar-refractivity contribution in [2.75, 3.05) is 7.11 Å². The van der Waals surface area contributed by atoms with Crippen molar-refractivity contribution < 1.29 is 67.2 Å². The number of fused-ring (bicyclic) bond motifs is 2. The van der Waals surface area contributed by atoms with E-state index in [0.717, 1.165) is 5.57 Å². The van der Waals surface area contributed by atoms with Gasteiger partial charge in [-0.1, -0.05) is 27.7 Å². The van der Waals surface area contributed by atoms with Crippen LogP contribution in [0, 0.1) is 23.7 Å². The van der Waals surface area contributed by atoms with Crippen LogP contribution in [0.4, 0.5) is 0 Å². The molecule has 0 aromatic rings. The van der Waals surface area contributed by atoms with Crippen LogP contribution < -0.4 is 0 Å². The van der Waals surface area contributed by atoms with Crippen molar-refractivity contribution in [3.8, 4) is 0 Å². The molecule has 4 aliphatic rings. The van der Waals surface area contributed by atoms with Gasteiger partial charge in [0.05, 0.1) is 30.3 Å². The molecule has 3 saturated heterocycles. The van der Waals surface area contributed by atoms with E-state index in [1.165, 1.54) is 21.0 Å². The molecule has 4 heterocycles. The van der Waals surface area contributed by atoms with E-state index in [1.54, 1.807) is 34.6 Å². The molecular weight excluding hydrogens is 692 g/mol. The van der Waals surface area contributed by atoms with Crippen LogP contribution >= 0.6 is 0 Å². The van der Waals surface area contributed by atoms with Crippen molar-refractivity contribution in [2.45, 2.75) is 187 Å². The Balaban J connectivity index is 1.86. The second-order valence-corrected chi connectivity index (χ2v) is 16.6. The highest BCUT2D eigenvalue weighted by molar-refractivity contribution is 5.73. The van der Waals surface area contributed by atoms with Crippen molar-refractivity contribution in [1.29, 1.82) is 0 Å². The molecule has 14 nitrogen and oxygen atoms in total. The van der Waals surface area contributed by atoms with Crippen LogP contribution in [0.5, 0.6) is 0 Å². The molecule has 0 amide bonds. The summed E-state index contributed by atoms with van der Waals surface area (Å²) in [4.78, 5) is 37.9. The lowest BCUT2D eigenvalue weighted by Crippen LogP contribution is -2.60. The molecule has 304 valence electrons. The predicted octanol–water partition coefficient (Wildman–Crippen LogP) is 4.35. The third-order valence-corrected chi connectivity index (χ3v) is 12.0. The monoisotopic (exact) mass is 756 g/mol. The molecule has 0 saturated carbocycles. The number of cyclic esters (lactones) is 1. The van der Waals surface area contributed by atoms with Crippen LogP contribution in [0.25, 0.3) is 0 Å². The van der Waals surface area contributed by atoms with Gasteiger partial charge < -0.3 is 52.8 Å². The molecule has 2 N–H and O–H groups in total. The molecular formula is C39H64O14. The van der Waals surface area contributed by atoms with E-state index in [1.807, 2.05) is 34.6 Å². The molecule has 0 aromatic heterocycles. The van der Waals surface area contributed by atoms with E-state index in [4.69, 9.17) is 42.6 Å². The molecule has 53 heavy (non-hydrogen) atoms. The Labute approximate surface area is 314 Å². The molecule has 0 radical (unpaired) electrons. The highest BCUT2D eigenvalue weighted by atomic mass is 16.7. The summed E-state index contributed by atoms with van der Waals surface area (Å²) in [5.74, 6) is -3.04. The lowest BCUT2D eigenvalue weighted by atomic mass is 9.78. The average Bonchev–Trinajstić information content (AvgIpc) is 3.40. The van der Waals surface area contributed by atoms with Crippen molar-refractivity contribution >= 4 is 18.4 Å². The topological polar surface area (TPSA) is 175 Å². The van der Waals surface area contributed by atoms with Gasteiger partial charge in [0.2, 0.25) is 0 Å². The van der Waals surface area contributed by atoms with Crippen LogP contribution in [-0.2, 0) is 57.0 Å². The number of hydrogen-bond acceptors (Lipinski definition) is 14. The van der Waals surface area contributed by atoms with Gasteiger partial charge in [-0.05, 0) is 66.9 Å². The zero-order valence-electron chi connectivity index (χ0n) is 33.8. The summed E-state index contributed by atoms with van der Waals surface area (Å²) >= 11 is 0. The second kappa shape index (κ2) is 16.8. The van der Waals surface area contributed by atoms with Gasteiger partial charge in [-0.15, -0.1) is 0 Å². The van der Waals surface area contributed by atoms with E-state index in [0.29, 0.717) is 25.1 Å². The molecule has 2 bridgehead atoms. The third kappa shape index (κ3) is 8.89. The zero-order valence-corrected chi connectivity index (χ0v) is 33.8. The first kappa shape index (κ1) is 43.4. The first-order valence-electron chi connectivity index (χ1n) is 19.1. The predicted molar refractivity (Wildman–Crippen MR) is 190 cm³/mol. The Bertz CT molecular complexity index is 1330. The first-order chi connectivity index (χ1) is 24.6. The molecule has 0 spiro atoms. The molecule has 17 atom stereocenters. The largest absolute Gasteiger partial charge is 0.489 e. The molecule has 4 rings (SSSR count). The lowest BCUT2D eigenvalue weighted by Gasteiger charge is -2.48. The van der Waals surface area contributed by atoms with Gasteiger partial charge in [-0.3, -0.25) is 14.4 Å². The standard InChI is InChI=1S/C39H64O14/c1-14-27-39(12,44)32(42)22(5)29-20(3)16-38(11,53-29)33(52-36-30(49-26(9)41)19(2)15-21(4)47-36)23(6)31(24(7)35(43)50-27)51-28-17-37(10,45-13)34(46-18-40)25(8)48-28/h18-19,21-25,27-28,30-34,36,42,44H,14-17H2,1-13H3/t19?,21?,22-,23?,24?,25?,27?,28?,30+,31?,32+,33+,34-,36?,37+,38-,39+/m0/s1. The SMILES string of the molecule is CCC1OC(=O)C(C)C(OC2C[C@@](C)(OC)[C@@H](OC=O)C(C)O2)C(C)[C@@H](OC2OC(C)CC(C)[C@H]2OC(C)=O)[C@]2(C)CC(C)=C(O2)[C@H](C)[C@@H](O)[C@]1(C)O. The molecule has 0 aliphatic carbocycles. The smallest absolute Gasteiger partial charge is 0.311 e. The van der Waals surface area contributed by atoms with Gasteiger partial charge in [0.15, 0.2) is 24.8 Å². The summed E-state index contributed by atoms with van der Waals surface area (Å²) < 4.78 is 56.4. The maximum Gasteiger partial charge on any atom is 0.311 e. The maximum atomic E-state index is 14.2. The highest BCUT2D eigenvalue weighted by Gasteiger charge is 2.56. The summed E-state index contributed by atoms with van der Waals surface area (Å²) in [7, 11) is 1.52. The van der Waals surface area contributed by atoms with E-state index in [2.05, 4.69) is 0 Å². The Kier molecular flexibility index (Phi) is 13.8. The van der Waals surface area contributed by atoms with Crippen molar-refractivity contribution in [1.82, 2.24) is 0 Å². The van der Waals surface area contributed by atoms with Crippen LogP contribution in [-0.4, -0.2) is 114 Å². The van der Waals surface area contributed by atoms with Gasteiger partial charge in [0.1, 0.15) is 34.8 Å². The quantitative estimate of drug-likeness (QED) is 0.193. The molecule has 3 fully saturated rings. The minimum Gasteiger partial charge on any atom is -0.489 e. The Morgan fingerprint density at radius 2 is 1.66 bits per heavy atom. The summed E-state index contributed by atoms with van der Waals surface area (Å²) in [5, 5.41) is 23.5. The second-order valence-electron chi connectivity index (χ2n) is 16.6. The molecule has 9 unspecified atom stereocenters. The highest BCUT2D eigenvalue weighted by Crippen LogP contribution is 2.48. The van der Waals surface area contributed by atoms with Crippen molar-refractivity contribution in [3.05, 3.63) is 11.3 Å². The fourth-order valence-corrected chi connectivity index (χ4v) is 9.14. The van der Waals surface area contributed by atoms with Crippen LogP contribution in [0.2, 0.25) is 0 Å². The minimum atomic E-state index is -1.85. The number of carbonyl (C=O) groups excluding carboxylic acids is 3. The number of rotatable bonds is 9. The number of aliphatic hydroxyl groups excluding tert-OH is 1. The zero-order chi connectivity index (χ0) is 39.8. The number of methoxy groups -OCH3 is 1. The number of carbonyl (C=O) groups is 3. The Hall–Kier alpha value is -2.33. The van der Waals surface area contributed by atoms with Crippen molar-refractivity contribution in [2.24, 2.45) is 23.7 Å². The van der Waals surface area contributed by atoms with Crippen LogP contribution in [0.1, 0.15) is 109 Å². The average molecular weight is 757 g/mol. The minimum absolute atomic E-state index is 0.0971. The first-order valence-corrected chi connectivity index (χ1v) is 19.1. The van der Waals surface area contributed by atoms with Crippen LogP contribution in [0.3, 0.4) is 0 Å². The van der Waals surface area contributed by atoms with E-state index in [-0.39, 0.29) is 24.9 Å². The van der Waals surface area contributed by atoms with E-state index in [9.17, 15) is 24.6 Å². The van der Waals surface area contributed by atoms with Gasteiger partial charge in [-0.2, -0.15) is 0 Å². The van der Waals surface area contributed by atoms with Crippen LogP contribution in [0.15, 0.2) is 11.3 Å². The van der Waals surface area contributed by atoms with Crippen molar-refractivity contribution in [3.63, 3.8) is 0 Å². The molecule has 0 aromatic carbocycles. The number of hydrogen-bond donors (Lipinski definition) is 2. The normalized spacial score (nSPS) is 47.0. The number of esters is 2. The fraction of sp³-hybridized carbons (Fsp3) is 0.872. The third-order valence-electron chi connectivity index (χ3n) is 12.0. The Morgan fingerprint density at radius 1 is 1.00 bits per heavy atom. The Morgan fingerprint density at radius 3 is 2.25 bits per heavy atom. The van der Waals surface area contributed by atoms with Gasteiger partial charge in [0, 0.05) is 44.6 Å². The summed E-state index contributed by atoms with van der Waals surface area (Å²) in [6.45, 7) is 21.6. The van der Waals surface area contributed by atoms with E-state index >= 15 is 0 Å². The van der Waals surface area contributed by atoms with E-state index < -0.39 is 102 Å². The fourth-order valence-electron chi connectivity index (χ4n) is 9.14. The van der Waals surface area contributed by atoms with Gasteiger partial charge in [0.25, 0.3) is 6.47 Å². The number of ether oxygens (including phenoxy) is 9. The van der Waals surface area contributed by atoms with Gasteiger partial charge in [-0.25, -0.2) is 0 Å². The molecule has 4 aliphatic heterocycles.